The van der Waals surface area contributed by atoms with Crippen LogP contribution in [0.15, 0.2) is 46.9 Å². The molecule has 6 heteroatoms. The van der Waals surface area contributed by atoms with Gasteiger partial charge in [-0.2, -0.15) is 13.2 Å². The number of hydrogen-bond donors (Lipinski definition) is 1. The zero-order chi connectivity index (χ0) is 14.8. The predicted octanol–water partition coefficient (Wildman–Crippen LogP) is 4.72. The van der Waals surface area contributed by atoms with Gasteiger partial charge in [-0.05, 0) is 40.2 Å². The normalized spacial score (nSPS) is 11.4. The van der Waals surface area contributed by atoms with Crippen LogP contribution in [0.2, 0.25) is 0 Å². The molecule has 2 aromatic carbocycles. The highest BCUT2D eigenvalue weighted by Crippen LogP contribution is 2.37. The Bertz CT molecular complexity index is 614. The second kappa shape index (κ2) is 5.85. The van der Waals surface area contributed by atoms with Crippen LogP contribution in [0.25, 0.3) is 0 Å². The van der Waals surface area contributed by atoms with E-state index in [1.165, 1.54) is 6.07 Å². The molecule has 0 spiro atoms. The van der Waals surface area contributed by atoms with Crippen molar-refractivity contribution in [2.75, 3.05) is 0 Å². The monoisotopic (exact) mass is 345 g/mol. The highest BCUT2D eigenvalue weighted by molar-refractivity contribution is 9.10. The summed E-state index contributed by atoms with van der Waals surface area (Å²) in [6.07, 6.45) is -4.38. The molecule has 0 aliphatic heterocycles. The minimum Gasteiger partial charge on any atom is -0.456 e. The molecule has 0 aliphatic rings. The van der Waals surface area contributed by atoms with Gasteiger partial charge in [0, 0.05) is 12.1 Å². The maximum absolute atomic E-state index is 12.6. The van der Waals surface area contributed by atoms with E-state index in [9.17, 15) is 13.2 Å². The second-order valence-electron chi connectivity index (χ2n) is 4.06. The third-order valence-corrected chi connectivity index (χ3v) is 3.29. The number of nitrogens with two attached hydrogens (primary N) is 1. The van der Waals surface area contributed by atoms with Gasteiger partial charge in [0.25, 0.3) is 0 Å². The SMILES string of the molecule is NCc1ccccc1Oc1ccc(C(F)(F)F)cc1Br. The Balaban J connectivity index is 2.31. The fourth-order valence-corrected chi connectivity index (χ4v) is 2.11. The number of rotatable bonds is 3. The second-order valence-corrected chi connectivity index (χ2v) is 4.91. The van der Waals surface area contributed by atoms with E-state index in [4.69, 9.17) is 10.5 Å². The fraction of sp³-hybridized carbons (Fsp3) is 0.143. The van der Waals surface area contributed by atoms with E-state index in [0.29, 0.717) is 11.5 Å². The van der Waals surface area contributed by atoms with Crippen molar-refractivity contribution >= 4 is 15.9 Å². The molecule has 2 aromatic rings. The molecule has 0 fully saturated rings. The van der Waals surface area contributed by atoms with Gasteiger partial charge in [0.05, 0.1) is 10.0 Å². The zero-order valence-corrected chi connectivity index (χ0v) is 11.8. The van der Waals surface area contributed by atoms with Crippen molar-refractivity contribution < 1.29 is 17.9 Å². The first kappa shape index (κ1) is 14.9. The molecule has 0 saturated carbocycles. The Morgan fingerprint density at radius 1 is 1.05 bits per heavy atom. The van der Waals surface area contributed by atoms with Crippen molar-refractivity contribution in [3.8, 4) is 11.5 Å². The quantitative estimate of drug-likeness (QED) is 0.873. The van der Waals surface area contributed by atoms with Gasteiger partial charge in [-0.3, -0.25) is 0 Å². The molecular formula is C14H11BrF3NO. The third-order valence-electron chi connectivity index (χ3n) is 2.67. The van der Waals surface area contributed by atoms with Crippen molar-refractivity contribution in [2.24, 2.45) is 5.73 Å². The number of alkyl halides is 3. The molecule has 0 amide bonds. The summed E-state index contributed by atoms with van der Waals surface area (Å²) in [6, 6.07) is 10.3. The number of halogens is 4. The Hall–Kier alpha value is -1.53. The van der Waals surface area contributed by atoms with Crippen molar-refractivity contribution in [3.63, 3.8) is 0 Å². The predicted molar refractivity (Wildman–Crippen MR) is 73.6 cm³/mol. The Morgan fingerprint density at radius 2 is 1.75 bits per heavy atom. The van der Waals surface area contributed by atoms with Crippen molar-refractivity contribution in [2.45, 2.75) is 12.7 Å². The maximum atomic E-state index is 12.6. The lowest BCUT2D eigenvalue weighted by atomic mass is 10.2. The molecule has 20 heavy (non-hydrogen) atoms. The van der Waals surface area contributed by atoms with Crippen LogP contribution >= 0.6 is 15.9 Å². The van der Waals surface area contributed by atoms with E-state index < -0.39 is 11.7 Å². The van der Waals surface area contributed by atoms with E-state index in [1.54, 1.807) is 18.2 Å². The highest BCUT2D eigenvalue weighted by Gasteiger charge is 2.31. The molecule has 2 rings (SSSR count). The number of benzene rings is 2. The molecule has 0 heterocycles. The molecule has 0 bridgehead atoms. The topological polar surface area (TPSA) is 35.2 Å². The summed E-state index contributed by atoms with van der Waals surface area (Å²) in [6.45, 7) is 0.286. The highest BCUT2D eigenvalue weighted by atomic mass is 79.9. The zero-order valence-electron chi connectivity index (χ0n) is 10.2. The molecule has 2 nitrogen and oxygen atoms in total. The number of hydrogen-bond acceptors (Lipinski definition) is 2. The first-order valence-corrected chi connectivity index (χ1v) is 6.53. The summed E-state index contributed by atoms with van der Waals surface area (Å²) in [4.78, 5) is 0. The molecule has 0 saturated heterocycles. The van der Waals surface area contributed by atoms with Crippen molar-refractivity contribution in [1.29, 1.82) is 0 Å². The Kier molecular flexibility index (Phi) is 4.35. The van der Waals surface area contributed by atoms with E-state index in [1.807, 2.05) is 6.07 Å². The van der Waals surface area contributed by atoms with Gasteiger partial charge in [0.1, 0.15) is 11.5 Å². The van der Waals surface area contributed by atoms with Crippen LogP contribution in [0, 0.1) is 0 Å². The first-order chi connectivity index (χ1) is 9.41. The molecule has 2 N–H and O–H groups in total. The summed E-state index contributed by atoms with van der Waals surface area (Å²) in [7, 11) is 0. The van der Waals surface area contributed by atoms with Crippen LogP contribution in [0.5, 0.6) is 11.5 Å². The van der Waals surface area contributed by atoms with Gasteiger partial charge >= 0.3 is 6.18 Å². The molecular weight excluding hydrogens is 335 g/mol. The van der Waals surface area contributed by atoms with Gasteiger partial charge in [0.2, 0.25) is 0 Å². The van der Waals surface area contributed by atoms with Crippen LogP contribution in [-0.2, 0) is 12.7 Å². The van der Waals surface area contributed by atoms with Crippen LogP contribution < -0.4 is 10.5 Å². The minimum atomic E-state index is -4.38. The lowest BCUT2D eigenvalue weighted by molar-refractivity contribution is -0.137. The van der Waals surface area contributed by atoms with E-state index in [0.717, 1.165) is 17.7 Å². The van der Waals surface area contributed by atoms with Crippen LogP contribution in [0.3, 0.4) is 0 Å². The summed E-state index contributed by atoms with van der Waals surface area (Å²) >= 11 is 3.09. The lowest BCUT2D eigenvalue weighted by Crippen LogP contribution is -2.05. The Morgan fingerprint density at radius 3 is 2.35 bits per heavy atom. The van der Waals surface area contributed by atoms with Crippen LogP contribution in [-0.4, -0.2) is 0 Å². The standard InChI is InChI=1S/C14H11BrF3NO/c15-11-7-10(14(16,17)18)5-6-13(11)20-12-4-2-1-3-9(12)8-19/h1-7H,8,19H2. The van der Waals surface area contributed by atoms with Crippen molar-refractivity contribution in [1.82, 2.24) is 0 Å². The molecule has 106 valence electrons. The fourth-order valence-electron chi connectivity index (χ4n) is 1.65. The summed E-state index contributed by atoms with van der Waals surface area (Å²) in [5, 5.41) is 0. The lowest BCUT2D eigenvalue weighted by Gasteiger charge is -2.13. The molecule has 0 aliphatic carbocycles. The van der Waals surface area contributed by atoms with E-state index in [-0.39, 0.29) is 11.0 Å². The minimum absolute atomic E-state index is 0.235. The molecule has 0 unspecified atom stereocenters. The van der Waals surface area contributed by atoms with E-state index >= 15 is 0 Å². The average molecular weight is 346 g/mol. The van der Waals surface area contributed by atoms with Crippen LogP contribution in [0.4, 0.5) is 13.2 Å². The van der Waals surface area contributed by atoms with Gasteiger partial charge in [0.15, 0.2) is 0 Å². The summed E-state index contributed by atoms with van der Waals surface area (Å²) in [5.41, 5.74) is 5.63. The van der Waals surface area contributed by atoms with Gasteiger partial charge in [-0.1, -0.05) is 18.2 Å². The molecule has 0 radical (unpaired) electrons. The first-order valence-electron chi connectivity index (χ1n) is 5.74. The third kappa shape index (κ3) is 3.32. The summed E-state index contributed by atoms with van der Waals surface area (Å²) in [5.74, 6) is 0.828. The number of ether oxygens (including phenoxy) is 1. The van der Waals surface area contributed by atoms with Crippen LogP contribution in [0.1, 0.15) is 11.1 Å². The van der Waals surface area contributed by atoms with Gasteiger partial charge in [-0.15, -0.1) is 0 Å². The van der Waals surface area contributed by atoms with Gasteiger partial charge < -0.3 is 10.5 Å². The Labute approximate surface area is 122 Å². The largest absolute Gasteiger partial charge is 0.456 e. The van der Waals surface area contributed by atoms with Crippen molar-refractivity contribution in [3.05, 3.63) is 58.1 Å². The smallest absolute Gasteiger partial charge is 0.416 e. The molecule has 0 atom stereocenters. The summed E-state index contributed by atoms with van der Waals surface area (Å²) < 4.78 is 43.5. The molecule has 0 aromatic heterocycles. The average Bonchev–Trinajstić information content (AvgIpc) is 2.40. The number of para-hydroxylation sites is 1. The van der Waals surface area contributed by atoms with Gasteiger partial charge in [-0.25, -0.2) is 0 Å². The van der Waals surface area contributed by atoms with E-state index in [2.05, 4.69) is 15.9 Å². The maximum Gasteiger partial charge on any atom is 0.416 e.